The highest BCUT2D eigenvalue weighted by Gasteiger charge is 2.31. The monoisotopic (exact) mass is 406 g/mol. The quantitative estimate of drug-likeness (QED) is 0.707. The SMILES string of the molecule is O=c1/c(=C/c2ccc(F)cc2)sc2n1C(c1ccccc1O)C1=C(CCCC1)N=2. The van der Waals surface area contributed by atoms with Gasteiger partial charge in [0.25, 0.3) is 5.56 Å². The van der Waals surface area contributed by atoms with Crippen LogP contribution in [-0.2, 0) is 0 Å². The minimum Gasteiger partial charge on any atom is -0.508 e. The summed E-state index contributed by atoms with van der Waals surface area (Å²) < 4.78 is 15.5. The van der Waals surface area contributed by atoms with E-state index < -0.39 is 0 Å². The zero-order valence-electron chi connectivity index (χ0n) is 15.6. The maximum Gasteiger partial charge on any atom is 0.271 e. The van der Waals surface area contributed by atoms with Crippen molar-refractivity contribution in [3.8, 4) is 5.75 Å². The van der Waals surface area contributed by atoms with Crippen LogP contribution in [0.3, 0.4) is 0 Å². The first kappa shape index (κ1) is 18.1. The molecule has 6 heteroatoms. The summed E-state index contributed by atoms with van der Waals surface area (Å²) >= 11 is 1.34. The Morgan fingerprint density at radius 1 is 1.10 bits per heavy atom. The average Bonchev–Trinajstić information content (AvgIpc) is 3.03. The lowest BCUT2D eigenvalue weighted by atomic mass is 9.86. The number of phenols is 1. The largest absolute Gasteiger partial charge is 0.508 e. The molecule has 3 aromatic rings. The summed E-state index contributed by atoms with van der Waals surface area (Å²) in [5.41, 5.74) is 3.52. The lowest BCUT2D eigenvalue weighted by Crippen LogP contribution is -2.38. The fraction of sp³-hybridized carbons (Fsp3) is 0.217. The Balaban J connectivity index is 1.75. The number of allylic oxidation sites excluding steroid dienone is 2. The number of aromatic hydroxyl groups is 1. The predicted octanol–water partition coefficient (Wildman–Crippen LogP) is 3.63. The molecule has 2 aliphatic rings. The number of hydrogen-bond acceptors (Lipinski definition) is 4. The zero-order valence-corrected chi connectivity index (χ0v) is 16.5. The summed E-state index contributed by atoms with van der Waals surface area (Å²) in [7, 11) is 0. The van der Waals surface area contributed by atoms with E-state index >= 15 is 0 Å². The number of para-hydroxylation sites is 1. The van der Waals surface area contributed by atoms with Gasteiger partial charge in [0.05, 0.1) is 10.6 Å². The normalized spacial score (nSPS) is 18.9. The van der Waals surface area contributed by atoms with Crippen molar-refractivity contribution < 1.29 is 9.50 Å². The molecule has 1 aliphatic heterocycles. The molecule has 0 saturated heterocycles. The molecule has 0 saturated carbocycles. The Bertz CT molecular complexity index is 1300. The van der Waals surface area contributed by atoms with Crippen LogP contribution < -0.4 is 14.9 Å². The first-order chi connectivity index (χ1) is 14.1. The highest BCUT2D eigenvalue weighted by atomic mass is 32.1. The molecule has 2 aromatic carbocycles. The third kappa shape index (κ3) is 3.13. The molecule has 1 atom stereocenters. The van der Waals surface area contributed by atoms with Gasteiger partial charge in [-0.05, 0) is 61.1 Å². The van der Waals surface area contributed by atoms with E-state index in [4.69, 9.17) is 4.99 Å². The second kappa shape index (κ2) is 7.12. The summed E-state index contributed by atoms with van der Waals surface area (Å²) in [4.78, 5) is 18.8. The Morgan fingerprint density at radius 3 is 2.66 bits per heavy atom. The van der Waals surface area contributed by atoms with Crippen LogP contribution in [0.1, 0.15) is 42.9 Å². The number of phenolic OH excluding ortho intramolecular Hbond substituents is 1. The molecule has 0 spiro atoms. The molecule has 0 amide bonds. The van der Waals surface area contributed by atoms with E-state index in [-0.39, 0.29) is 23.2 Å². The average molecular weight is 406 g/mol. The van der Waals surface area contributed by atoms with Crippen molar-refractivity contribution in [1.29, 1.82) is 0 Å². The zero-order chi connectivity index (χ0) is 20.0. The number of hydrogen-bond donors (Lipinski definition) is 1. The number of nitrogens with zero attached hydrogens (tertiary/aromatic N) is 2. The summed E-state index contributed by atoms with van der Waals surface area (Å²) in [5, 5.41) is 10.5. The second-order valence-corrected chi connectivity index (χ2v) is 8.38. The van der Waals surface area contributed by atoms with E-state index in [1.54, 1.807) is 34.9 Å². The van der Waals surface area contributed by atoms with Crippen molar-refractivity contribution in [3.63, 3.8) is 0 Å². The van der Waals surface area contributed by atoms with Gasteiger partial charge in [-0.25, -0.2) is 9.38 Å². The predicted molar refractivity (Wildman–Crippen MR) is 111 cm³/mol. The molecule has 5 rings (SSSR count). The fourth-order valence-corrected chi connectivity index (χ4v) is 5.17. The van der Waals surface area contributed by atoms with Gasteiger partial charge >= 0.3 is 0 Å². The van der Waals surface area contributed by atoms with Crippen molar-refractivity contribution in [2.75, 3.05) is 0 Å². The van der Waals surface area contributed by atoms with Crippen molar-refractivity contribution in [2.24, 2.45) is 4.99 Å². The van der Waals surface area contributed by atoms with E-state index in [0.29, 0.717) is 9.33 Å². The first-order valence-corrected chi connectivity index (χ1v) is 10.5. The van der Waals surface area contributed by atoms with E-state index in [1.165, 1.54) is 23.5 Å². The molecule has 4 nitrogen and oxygen atoms in total. The molecule has 1 aromatic heterocycles. The van der Waals surface area contributed by atoms with Crippen LogP contribution in [-0.4, -0.2) is 9.67 Å². The van der Waals surface area contributed by atoms with E-state index in [0.717, 1.165) is 48.1 Å². The van der Waals surface area contributed by atoms with Gasteiger partial charge in [0.1, 0.15) is 11.6 Å². The van der Waals surface area contributed by atoms with Gasteiger partial charge < -0.3 is 5.11 Å². The molecular weight excluding hydrogens is 387 g/mol. The summed E-state index contributed by atoms with van der Waals surface area (Å²) in [6.45, 7) is 0. The molecule has 1 N–H and O–H groups in total. The number of fused-ring (bicyclic) bond motifs is 1. The van der Waals surface area contributed by atoms with Crippen molar-refractivity contribution in [2.45, 2.75) is 31.7 Å². The molecular formula is C23H19FN2O2S. The van der Waals surface area contributed by atoms with Gasteiger partial charge in [0.2, 0.25) is 0 Å². The number of halogens is 1. The van der Waals surface area contributed by atoms with Crippen LogP contribution >= 0.6 is 11.3 Å². The smallest absolute Gasteiger partial charge is 0.271 e. The molecule has 1 aliphatic carbocycles. The third-order valence-electron chi connectivity index (χ3n) is 5.54. The summed E-state index contributed by atoms with van der Waals surface area (Å²) in [5.74, 6) is -0.124. The second-order valence-electron chi connectivity index (χ2n) is 7.37. The highest BCUT2D eigenvalue weighted by molar-refractivity contribution is 7.07. The molecule has 2 heterocycles. The molecule has 29 heavy (non-hydrogen) atoms. The molecule has 1 unspecified atom stereocenters. The maximum absolute atomic E-state index is 13.4. The van der Waals surface area contributed by atoms with E-state index in [1.807, 2.05) is 12.1 Å². The Labute approximate surface area is 170 Å². The third-order valence-corrected chi connectivity index (χ3v) is 6.52. The lowest BCUT2D eigenvalue weighted by molar-refractivity contribution is 0.448. The van der Waals surface area contributed by atoms with Gasteiger partial charge in [-0.15, -0.1) is 0 Å². The first-order valence-electron chi connectivity index (χ1n) is 9.69. The van der Waals surface area contributed by atoms with Crippen LogP contribution in [0.4, 0.5) is 4.39 Å². The molecule has 0 radical (unpaired) electrons. The van der Waals surface area contributed by atoms with Crippen LogP contribution in [0, 0.1) is 5.82 Å². The van der Waals surface area contributed by atoms with E-state index in [2.05, 4.69) is 0 Å². The Hall–Kier alpha value is -2.99. The van der Waals surface area contributed by atoms with Crippen molar-refractivity contribution in [1.82, 2.24) is 4.57 Å². The summed E-state index contributed by atoms with van der Waals surface area (Å²) in [6, 6.07) is 12.9. The van der Waals surface area contributed by atoms with Gasteiger partial charge in [-0.3, -0.25) is 9.36 Å². The Kier molecular flexibility index (Phi) is 4.43. The van der Waals surface area contributed by atoms with E-state index in [9.17, 15) is 14.3 Å². The van der Waals surface area contributed by atoms with Crippen molar-refractivity contribution in [3.05, 3.63) is 96.4 Å². The maximum atomic E-state index is 13.4. The minimum absolute atomic E-state index is 0.136. The number of rotatable bonds is 2. The van der Waals surface area contributed by atoms with Gasteiger partial charge in [0, 0.05) is 11.3 Å². The number of benzene rings is 2. The minimum atomic E-state index is -0.335. The fourth-order valence-electron chi connectivity index (χ4n) is 4.15. The van der Waals surface area contributed by atoms with Gasteiger partial charge in [-0.1, -0.05) is 41.7 Å². The highest BCUT2D eigenvalue weighted by Crippen LogP contribution is 2.40. The number of aromatic nitrogens is 1. The van der Waals surface area contributed by atoms with Crippen LogP contribution in [0.25, 0.3) is 6.08 Å². The lowest BCUT2D eigenvalue weighted by Gasteiger charge is -2.29. The summed E-state index contributed by atoms with van der Waals surface area (Å²) in [6.07, 6.45) is 5.68. The van der Waals surface area contributed by atoms with Gasteiger partial charge in [0.15, 0.2) is 4.80 Å². The van der Waals surface area contributed by atoms with Crippen LogP contribution in [0.2, 0.25) is 0 Å². The standard InChI is InChI=1S/C23H19FN2O2S/c24-15-11-9-14(10-12-15)13-20-22(28)26-21(17-6-2-4-8-19(17)27)16-5-1-3-7-18(16)25-23(26)29-20/h2,4,6,8-13,21,27H,1,3,5,7H2/b20-13-. The van der Waals surface area contributed by atoms with Crippen LogP contribution in [0.5, 0.6) is 5.75 Å². The molecule has 0 fully saturated rings. The topological polar surface area (TPSA) is 54.6 Å². The van der Waals surface area contributed by atoms with Crippen molar-refractivity contribution >= 4 is 17.4 Å². The van der Waals surface area contributed by atoms with Crippen LogP contribution in [0.15, 0.2) is 69.6 Å². The molecule has 146 valence electrons. The Morgan fingerprint density at radius 2 is 1.86 bits per heavy atom. The van der Waals surface area contributed by atoms with Gasteiger partial charge in [-0.2, -0.15) is 0 Å². The number of thiazole rings is 1. The molecule has 0 bridgehead atoms.